The Balaban J connectivity index is 1.72. The van der Waals surface area contributed by atoms with Crippen LogP contribution < -0.4 is 0 Å². The van der Waals surface area contributed by atoms with Gasteiger partial charge in [0.25, 0.3) is 0 Å². The fraction of sp³-hybridized carbons (Fsp3) is 0.286. The molecule has 2 aromatic rings. The van der Waals surface area contributed by atoms with Crippen molar-refractivity contribution in [3.63, 3.8) is 0 Å². The molecule has 1 N–H and O–H groups in total. The van der Waals surface area contributed by atoms with Crippen molar-refractivity contribution in [2.75, 3.05) is 32.7 Å². The number of rotatable bonds is 6. The van der Waals surface area contributed by atoms with Gasteiger partial charge in [-0.05, 0) is 23.3 Å². The largest absolute Gasteiger partial charge is 0.478 e. The zero-order valence-corrected chi connectivity index (χ0v) is 15.3. The average Bonchev–Trinajstić information content (AvgIpc) is 2.65. The smallest absolute Gasteiger partial charge is 0.328 e. The van der Waals surface area contributed by atoms with Gasteiger partial charge >= 0.3 is 5.97 Å². The Morgan fingerprint density at radius 3 is 2.23 bits per heavy atom. The molecule has 1 fully saturated rings. The van der Waals surface area contributed by atoms with Crippen LogP contribution in [-0.4, -0.2) is 53.6 Å². The minimum atomic E-state index is -0.893. The van der Waals surface area contributed by atoms with Gasteiger partial charge < -0.3 is 5.11 Å². The normalized spacial score (nSPS) is 17.4. The van der Waals surface area contributed by atoms with Gasteiger partial charge in [0.05, 0.1) is 6.04 Å². The Morgan fingerprint density at radius 1 is 1.00 bits per heavy atom. The van der Waals surface area contributed by atoms with Crippen molar-refractivity contribution >= 4 is 17.6 Å². The lowest BCUT2D eigenvalue weighted by atomic mass is 9.96. The van der Waals surface area contributed by atoms with Crippen molar-refractivity contribution in [2.24, 2.45) is 0 Å². The van der Waals surface area contributed by atoms with Crippen LogP contribution in [0, 0.1) is 0 Å². The molecule has 0 spiro atoms. The molecule has 136 valence electrons. The molecule has 2 aromatic carbocycles. The monoisotopic (exact) mass is 370 g/mol. The Morgan fingerprint density at radius 2 is 1.62 bits per heavy atom. The molecular formula is C21H23ClN2O2. The molecule has 1 heterocycles. The summed E-state index contributed by atoms with van der Waals surface area (Å²) in [4.78, 5) is 15.4. The number of hydrogen-bond donors (Lipinski definition) is 1. The van der Waals surface area contributed by atoms with Gasteiger partial charge in [-0.25, -0.2) is 4.79 Å². The number of hydrogen-bond acceptors (Lipinski definition) is 3. The summed E-state index contributed by atoms with van der Waals surface area (Å²) in [6.07, 6.45) is 2.93. The zero-order valence-electron chi connectivity index (χ0n) is 14.6. The third-order valence-electron chi connectivity index (χ3n) is 4.70. The van der Waals surface area contributed by atoms with Crippen molar-refractivity contribution in [3.8, 4) is 0 Å². The van der Waals surface area contributed by atoms with Gasteiger partial charge in [0.15, 0.2) is 0 Å². The van der Waals surface area contributed by atoms with Gasteiger partial charge in [0, 0.05) is 43.8 Å². The number of aliphatic carboxylic acids is 1. The van der Waals surface area contributed by atoms with Crippen molar-refractivity contribution < 1.29 is 9.90 Å². The van der Waals surface area contributed by atoms with E-state index in [1.165, 1.54) is 17.2 Å². The van der Waals surface area contributed by atoms with Crippen LogP contribution in [0.4, 0.5) is 0 Å². The molecule has 1 atom stereocenters. The maximum Gasteiger partial charge on any atom is 0.328 e. The van der Waals surface area contributed by atoms with E-state index in [9.17, 15) is 4.79 Å². The first-order valence-electron chi connectivity index (χ1n) is 8.80. The van der Waals surface area contributed by atoms with E-state index < -0.39 is 5.97 Å². The number of carboxylic acids is 1. The predicted molar refractivity (Wildman–Crippen MR) is 105 cm³/mol. The maximum absolute atomic E-state index is 10.6. The summed E-state index contributed by atoms with van der Waals surface area (Å²) < 4.78 is 0. The minimum Gasteiger partial charge on any atom is -0.478 e. The predicted octanol–water partition coefficient (Wildman–Crippen LogP) is 3.69. The lowest BCUT2D eigenvalue weighted by Crippen LogP contribution is -2.47. The molecule has 1 saturated heterocycles. The van der Waals surface area contributed by atoms with E-state index in [-0.39, 0.29) is 6.04 Å². The second-order valence-corrected chi connectivity index (χ2v) is 6.88. The van der Waals surface area contributed by atoms with Gasteiger partial charge in [-0.1, -0.05) is 60.1 Å². The fourth-order valence-electron chi connectivity index (χ4n) is 3.40. The quantitative estimate of drug-likeness (QED) is 0.788. The van der Waals surface area contributed by atoms with Gasteiger partial charge in [-0.2, -0.15) is 0 Å². The van der Waals surface area contributed by atoms with Crippen molar-refractivity contribution in [2.45, 2.75) is 6.04 Å². The molecule has 0 bridgehead atoms. The van der Waals surface area contributed by atoms with Crippen molar-refractivity contribution in [3.05, 3.63) is 82.9 Å². The van der Waals surface area contributed by atoms with E-state index in [0.29, 0.717) is 6.54 Å². The van der Waals surface area contributed by atoms with Gasteiger partial charge in [-0.3, -0.25) is 9.80 Å². The Labute approximate surface area is 159 Å². The molecule has 0 radical (unpaired) electrons. The molecule has 1 aliphatic heterocycles. The van der Waals surface area contributed by atoms with E-state index >= 15 is 0 Å². The summed E-state index contributed by atoms with van der Waals surface area (Å²) in [5, 5.41) is 9.45. The molecule has 0 amide bonds. The van der Waals surface area contributed by atoms with Crippen molar-refractivity contribution in [1.29, 1.82) is 0 Å². The summed E-state index contributed by atoms with van der Waals surface area (Å²) in [6, 6.07) is 18.8. The Bertz CT molecular complexity index is 738. The van der Waals surface area contributed by atoms with Crippen LogP contribution in [0.3, 0.4) is 0 Å². The van der Waals surface area contributed by atoms with Crippen LogP contribution in [0.25, 0.3) is 0 Å². The molecule has 0 aromatic heterocycles. The molecule has 1 aliphatic rings. The zero-order chi connectivity index (χ0) is 18.4. The van der Waals surface area contributed by atoms with E-state index in [4.69, 9.17) is 16.7 Å². The third kappa shape index (κ3) is 4.94. The first-order valence-corrected chi connectivity index (χ1v) is 9.17. The SMILES string of the molecule is O=C(O)C=CCN1CCN(C(c2ccccc2)c2ccc(Cl)cc2)CC1. The van der Waals surface area contributed by atoms with Crippen molar-refractivity contribution in [1.82, 2.24) is 9.80 Å². The van der Waals surface area contributed by atoms with E-state index in [2.05, 4.69) is 46.2 Å². The van der Waals surface area contributed by atoms with Crippen LogP contribution in [0.5, 0.6) is 0 Å². The number of piperazine rings is 1. The highest BCUT2D eigenvalue weighted by molar-refractivity contribution is 6.30. The highest BCUT2D eigenvalue weighted by atomic mass is 35.5. The maximum atomic E-state index is 10.6. The first kappa shape index (κ1) is 18.6. The first-order chi connectivity index (χ1) is 12.6. The Hall–Kier alpha value is -2.14. The number of halogens is 1. The van der Waals surface area contributed by atoms with Crippen LogP contribution >= 0.6 is 11.6 Å². The minimum absolute atomic E-state index is 0.199. The lowest BCUT2D eigenvalue weighted by Gasteiger charge is -2.39. The van der Waals surface area contributed by atoms with Crippen LogP contribution in [0.15, 0.2) is 66.7 Å². The summed E-state index contributed by atoms with van der Waals surface area (Å²) in [5.41, 5.74) is 2.51. The van der Waals surface area contributed by atoms with Crippen LogP contribution in [0.1, 0.15) is 17.2 Å². The standard InChI is InChI=1S/C21H23ClN2O2/c22-19-10-8-18(9-11-19)21(17-5-2-1-3-6-17)24-15-13-23(14-16-24)12-4-7-20(25)26/h1-11,21H,12-16H2,(H,25,26). The molecule has 0 aliphatic carbocycles. The number of carboxylic acid groups (broad SMARTS) is 1. The number of nitrogens with zero attached hydrogens (tertiary/aromatic N) is 2. The molecule has 1 unspecified atom stereocenters. The highest BCUT2D eigenvalue weighted by Gasteiger charge is 2.25. The van der Waals surface area contributed by atoms with Gasteiger partial charge in [0.2, 0.25) is 0 Å². The lowest BCUT2D eigenvalue weighted by molar-refractivity contribution is -0.131. The van der Waals surface area contributed by atoms with E-state index in [1.54, 1.807) is 6.08 Å². The van der Waals surface area contributed by atoms with E-state index in [0.717, 1.165) is 31.2 Å². The molecule has 0 saturated carbocycles. The van der Waals surface area contributed by atoms with E-state index in [1.807, 2.05) is 18.2 Å². The number of carbonyl (C=O) groups is 1. The fourth-order valence-corrected chi connectivity index (χ4v) is 3.53. The highest BCUT2D eigenvalue weighted by Crippen LogP contribution is 2.30. The second-order valence-electron chi connectivity index (χ2n) is 6.44. The summed E-state index contributed by atoms with van der Waals surface area (Å²) in [7, 11) is 0. The molecule has 4 nitrogen and oxygen atoms in total. The second kappa shape index (κ2) is 8.99. The molecule has 26 heavy (non-hydrogen) atoms. The molecule has 3 rings (SSSR count). The molecule has 5 heteroatoms. The Kier molecular flexibility index (Phi) is 6.45. The van der Waals surface area contributed by atoms with Gasteiger partial charge in [0.1, 0.15) is 0 Å². The van der Waals surface area contributed by atoms with Gasteiger partial charge in [-0.15, -0.1) is 0 Å². The topological polar surface area (TPSA) is 43.8 Å². The summed E-state index contributed by atoms with van der Waals surface area (Å²) >= 11 is 6.07. The molecular weight excluding hydrogens is 348 g/mol. The average molecular weight is 371 g/mol. The number of benzene rings is 2. The third-order valence-corrected chi connectivity index (χ3v) is 4.95. The van der Waals surface area contributed by atoms with Crippen LogP contribution in [-0.2, 0) is 4.79 Å². The van der Waals surface area contributed by atoms with Crippen LogP contribution in [0.2, 0.25) is 5.02 Å². The summed E-state index contributed by atoms with van der Waals surface area (Å²) in [5.74, 6) is -0.893. The summed E-state index contributed by atoms with van der Waals surface area (Å²) in [6.45, 7) is 4.38.